The minimum atomic E-state index is -0.285. The largest absolute Gasteiger partial charge is 0.320 e. The third-order valence-corrected chi connectivity index (χ3v) is 3.07. The first-order valence-corrected chi connectivity index (χ1v) is 5.84. The predicted molar refractivity (Wildman–Crippen MR) is 65.4 cm³/mol. The van der Waals surface area contributed by atoms with Crippen molar-refractivity contribution in [3.63, 3.8) is 0 Å². The highest BCUT2D eigenvalue weighted by molar-refractivity contribution is 6.37. The quantitative estimate of drug-likeness (QED) is 0.653. The SMILES string of the molecule is CNCCCN1C(=O)c2cccc(Cl)c2C1=O. The number of carbonyl (C=O) groups is 2. The summed E-state index contributed by atoms with van der Waals surface area (Å²) in [7, 11) is 1.83. The molecule has 0 spiro atoms. The van der Waals surface area contributed by atoms with Gasteiger partial charge in [0.1, 0.15) is 0 Å². The molecule has 0 atom stereocenters. The first kappa shape index (κ1) is 12.1. The van der Waals surface area contributed by atoms with Gasteiger partial charge in [0.15, 0.2) is 0 Å². The summed E-state index contributed by atoms with van der Waals surface area (Å²) < 4.78 is 0. The molecule has 0 radical (unpaired) electrons. The molecule has 1 aromatic rings. The Balaban J connectivity index is 2.24. The number of rotatable bonds is 4. The molecule has 0 fully saturated rings. The molecule has 5 heteroatoms. The Bertz CT molecular complexity index is 474. The van der Waals surface area contributed by atoms with Crippen LogP contribution in [0.25, 0.3) is 0 Å². The number of hydrogen-bond donors (Lipinski definition) is 1. The lowest BCUT2D eigenvalue weighted by Crippen LogP contribution is -2.32. The van der Waals surface area contributed by atoms with Crippen molar-refractivity contribution in [2.24, 2.45) is 0 Å². The zero-order valence-electron chi connectivity index (χ0n) is 9.50. The number of benzene rings is 1. The Labute approximate surface area is 105 Å². The number of carbonyl (C=O) groups excluding carboxylic acids is 2. The van der Waals surface area contributed by atoms with E-state index < -0.39 is 0 Å². The van der Waals surface area contributed by atoms with Crippen molar-refractivity contribution < 1.29 is 9.59 Å². The first-order chi connectivity index (χ1) is 8.16. The van der Waals surface area contributed by atoms with Gasteiger partial charge < -0.3 is 5.32 Å². The highest BCUT2D eigenvalue weighted by Crippen LogP contribution is 2.28. The molecule has 1 aliphatic rings. The summed E-state index contributed by atoms with van der Waals surface area (Å²) in [4.78, 5) is 25.3. The fourth-order valence-electron chi connectivity index (χ4n) is 1.91. The highest BCUT2D eigenvalue weighted by atomic mass is 35.5. The molecule has 1 aromatic carbocycles. The van der Waals surface area contributed by atoms with E-state index in [9.17, 15) is 9.59 Å². The standard InChI is InChI=1S/C12H13ClN2O2/c1-14-6-3-7-15-11(16)8-4-2-5-9(13)10(8)12(15)17/h2,4-5,14H,3,6-7H2,1H3. The predicted octanol–water partition coefficient (Wildman–Crippen LogP) is 1.55. The van der Waals surface area contributed by atoms with E-state index in [-0.39, 0.29) is 11.8 Å². The lowest BCUT2D eigenvalue weighted by molar-refractivity contribution is 0.0653. The Morgan fingerprint density at radius 2 is 2.06 bits per heavy atom. The molecular weight excluding hydrogens is 240 g/mol. The van der Waals surface area contributed by atoms with Crippen molar-refractivity contribution >= 4 is 23.4 Å². The van der Waals surface area contributed by atoms with Crippen molar-refractivity contribution in [3.8, 4) is 0 Å². The summed E-state index contributed by atoms with van der Waals surface area (Å²) in [5, 5.41) is 3.32. The van der Waals surface area contributed by atoms with Crippen molar-refractivity contribution in [1.29, 1.82) is 0 Å². The normalized spacial score (nSPS) is 14.4. The maximum atomic E-state index is 12.0. The molecule has 2 rings (SSSR count). The highest BCUT2D eigenvalue weighted by Gasteiger charge is 2.36. The van der Waals surface area contributed by atoms with E-state index >= 15 is 0 Å². The van der Waals surface area contributed by atoms with E-state index in [1.54, 1.807) is 18.2 Å². The molecule has 1 N–H and O–H groups in total. The minimum Gasteiger partial charge on any atom is -0.320 e. The second kappa shape index (κ2) is 4.85. The second-order valence-corrected chi connectivity index (χ2v) is 4.29. The van der Waals surface area contributed by atoms with Gasteiger partial charge in [0.05, 0.1) is 16.1 Å². The summed E-state index contributed by atoms with van der Waals surface area (Å²) >= 11 is 5.94. The average molecular weight is 253 g/mol. The van der Waals surface area contributed by atoms with Crippen LogP contribution in [-0.2, 0) is 0 Å². The second-order valence-electron chi connectivity index (χ2n) is 3.88. The van der Waals surface area contributed by atoms with Gasteiger partial charge >= 0.3 is 0 Å². The fraction of sp³-hybridized carbons (Fsp3) is 0.333. The number of nitrogens with one attached hydrogen (secondary N) is 1. The van der Waals surface area contributed by atoms with E-state index in [4.69, 9.17) is 11.6 Å². The summed E-state index contributed by atoms with van der Waals surface area (Å²) in [5.41, 5.74) is 0.746. The lowest BCUT2D eigenvalue weighted by atomic mass is 10.1. The zero-order valence-corrected chi connectivity index (χ0v) is 10.3. The number of amides is 2. The lowest BCUT2D eigenvalue weighted by Gasteiger charge is -2.13. The van der Waals surface area contributed by atoms with Crippen LogP contribution in [0.3, 0.4) is 0 Å². The maximum Gasteiger partial charge on any atom is 0.263 e. The van der Waals surface area contributed by atoms with Crippen LogP contribution in [-0.4, -0.2) is 36.9 Å². The molecule has 0 saturated carbocycles. The Morgan fingerprint density at radius 1 is 1.29 bits per heavy atom. The van der Waals surface area contributed by atoms with Gasteiger partial charge in [-0.3, -0.25) is 14.5 Å². The van der Waals surface area contributed by atoms with Gasteiger partial charge in [-0.15, -0.1) is 0 Å². The molecular formula is C12H13ClN2O2. The first-order valence-electron chi connectivity index (χ1n) is 5.46. The van der Waals surface area contributed by atoms with Crippen LogP contribution in [0.1, 0.15) is 27.1 Å². The molecule has 1 aliphatic heterocycles. The molecule has 0 saturated heterocycles. The van der Waals surface area contributed by atoms with Crippen LogP contribution in [0.2, 0.25) is 5.02 Å². The van der Waals surface area contributed by atoms with Gasteiger partial charge in [0.2, 0.25) is 0 Å². The Morgan fingerprint density at radius 3 is 2.71 bits per heavy atom. The average Bonchev–Trinajstić information content (AvgIpc) is 2.55. The van der Waals surface area contributed by atoms with Gasteiger partial charge in [0, 0.05) is 6.54 Å². The van der Waals surface area contributed by atoms with E-state index in [2.05, 4.69) is 5.32 Å². The van der Waals surface area contributed by atoms with Crippen molar-refractivity contribution in [3.05, 3.63) is 34.3 Å². The molecule has 1 heterocycles. The van der Waals surface area contributed by atoms with Gasteiger partial charge in [-0.25, -0.2) is 0 Å². The van der Waals surface area contributed by atoms with Crippen molar-refractivity contribution in [2.75, 3.05) is 20.1 Å². The third kappa shape index (κ3) is 2.06. The molecule has 0 aliphatic carbocycles. The third-order valence-electron chi connectivity index (χ3n) is 2.76. The van der Waals surface area contributed by atoms with E-state index in [1.165, 1.54) is 4.90 Å². The van der Waals surface area contributed by atoms with Gasteiger partial charge in [-0.05, 0) is 32.1 Å². The summed E-state index contributed by atoms with van der Waals surface area (Å²) in [6, 6.07) is 4.95. The fourth-order valence-corrected chi connectivity index (χ4v) is 2.16. The monoisotopic (exact) mass is 252 g/mol. The molecule has 4 nitrogen and oxygen atoms in total. The number of fused-ring (bicyclic) bond motifs is 1. The van der Waals surface area contributed by atoms with E-state index in [1.807, 2.05) is 7.05 Å². The van der Waals surface area contributed by atoms with Gasteiger partial charge in [0.25, 0.3) is 11.8 Å². The van der Waals surface area contributed by atoms with Crippen LogP contribution < -0.4 is 5.32 Å². The van der Waals surface area contributed by atoms with E-state index in [0.717, 1.165) is 13.0 Å². The van der Waals surface area contributed by atoms with Crippen LogP contribution in [0, 0.1) is 0 Å². The number of nitrogens with zero attached hydrogens (tertiary/aromatic N) is 1. The molecule has 17 heavy (non-hydrogen) atoms. The summed E-state index contributed by atoms with van der Waals surface area (Å²) in [5.74, 6) is -0.532. The topological polar surface area (TPSA) is 49.4 Å². The number of halogens is 1. The zero-order chi connectivity index (χ0) is 12.4. The Kier molecular flexibility index (Phi) is 3.45. The summed E-state index contributed by atoms with van der Waals surface area (Å²) in [6.07, 6.45) is 0.736. The van der Waals surface area contributed by atoms with Crippen molar-refractivity contribution in [1.82, 2.24) is 10.2 Å². The van der Waals surface area contributed by atoms with Gasteiger partial charge in [-0.2, -0.15) is 0 Å². The molecule has 0 aromatic heterocycles. The van der Waals surface area contributed by atoms with E-state index in [0.29, 0.717) is 22.7 Å². The number of hydrogen-bond acceptors (Lipinski definition) is 3. The van der Waals surface area contributed by atoms with Crippen LogP contribution in [0.4, 0.5) is 0 Å². The molecule has 0 unspecified atom stereocenters. The van der Waals surface area contributed by atoms with Crippen LogP contribution >= 0.6 is 11.6 Å². The molecule has 90 valence electrons. The van der Waals surface area contributed by atoms with Crippen LogP contribution in [0.5, 0.6) is 0 Å². The van der Waals surface area contributed by atoms with Crippen LogP contribution in [0.15, 0.2) is 18.2 Å². The van der Waals surface area contributed by atoms with Crippen molar-refractivity contribution in [2.45, 2.75) is 6.42 Å². The molecule has 2 amide bonds. The van der Waals surface area contributed by atoms with Gasteiger partial charge in [-0.1, -0.05) is 17.7 Å². The number of imide groups is 1. The molecule has 0 bridgehead atoms. The minimum absolute atomic E-state index is 0.247. The summed E-state index contributed by atoms with van der Waals surface area (Å²) in [6.45, 7) is 1.19. The smallest absolute Gasteiger partial charge is 0.263 e. The Hall–Kier alpha value is -1.39. The maximum absolute atomic E-state index is 12.0.